The number of nitrogens with one attached hydrogen (secondary N) is 1. The third-order valence-corrected chi connectivity index (χ3v) is 9.22. The highest BCUT2D eigenvalue weighted by molar-refractivity contribution is 7.94. The Bertz CT molecular complexity index is 1100. The first-order valence-electron chi connectivity index (χ1n) is 11.7. The number of para-hydroxylation sites is 1. The minimum Gasteiger partial charge on any atom is -0.486 e. The number of amides is 1. The van der Waals surface area contributed by atoms with Gasteiger partial charge in [-0.1, -0.05) is 19.1 Å². The van der Waals surface area contributed by atoms with E-state index in [2.05, 4.69) is 16.7 Å². The normalized spacial score (nSPS) is 22.0. The second kappa shape index (κ2) is 10.2. The summed E-state index contributed by atoms with van der Waals surface area (Å²) in [5.74, 6) is 0.640. The second-order valence-electron chi connectivity index (χ2n) is 9.51. The van der Waals surface area contributed by atoms with Crippen LogP contribution in [0.2, 0.25) is 0 Å². The fourth-order valence-electron chi connectivity index (χ4n) is 4.28. The number of aliphatic hydroxyl groups excluding tert-OH is 1. The lowest BCUT2D eigenvalue weighted by molar-refractivity contribution is 0.0346. The average molecular weight is 508 g/mol. The zero-order valence-electron chi connectivity index (χ0n) is 19.8. The molecule has 4 rings (SSSR count). The highest BCUT2D eigenvalue weighted by Crippen LogP contribution is 2.37. The molecule has 1 amide bonds. The highest BCUT2D eigenvalue weighted by atomic mass is 32.2. The monoisotopic (exact) mass is 507 g/mol. The summed E-state index contributed by atoms with van der Waals surface area (Å²) in [4.78, 5) is 17.4. The molecule has 1 aromatic heterocycles. The number of nitrogens with zero attached hydrogens (tertiary/aromatic N) is 2. The Morgan fingerprint density at radius 3 is 2.68 bits per heavy atom. The summed E-state index contributed by atoms with van der Waals surface area (Å²) in [7, 11) is -1.76. The van der Waals surface area contributed by atoms with Crippen LogP contribution in [0.3, 0.4) is 0 Å². The van der Waals surface area contributed by atoms with Crippen LogP contribution in [0, 0.1) is 11.8 Å². The van der Waals surface area contributed by atoms with Crippen molar-refractivity contribution in [1.82, 2.24) is 9.80 Å². The largest absolute Gasteiger partial charge is 0.486 e. The number of carbonyl (C=O) groups is 1. The fourth-order valence-corrected chi connectivity index (χ4v) is 6.33. The number of sulfonamides is 1. The summed E-state index contributed by atoms with van der Waals surface area (Å²) in [5, 5.41) is 11.5. The maximum atomic E-state index is 13.5. The number of hydrogen-bond acceptors (Lipinski definition) is 7. The van der Waals surface area contributed by atoms with Crippen molar-refractivity contribution in [3.05, 3.63) is 41.3 Å². The molecule has 1 aromatic carbocycles. The molecule has 2 aromatic rings. The molecule has 0 spiro atoms. The minimum absolute atomic E-state index is 0.0327. The average Bonchev–Trinajstić information content (AvgIpc) is 3.41. The molecule has 1 aliphatic carbocycles. The van der Waals surface area contributed by atoms with Crippen LogP contribution in [0.4, 0.5) is 5.69 Å². The van der Waals surface area contributed by atoms with E-state index in [0.717, 1.165) is 23.8 Å². The van der Waals surface area contributed by atoms with Crippen LogP contribution >= 0.6 is 11.3 Å². The summed E-state index contributed by atoms with van der Waals surface area (Å²) in [6, 6.07) is 7.75. The summed E-state index contributed by atoms with van der Waals surface area (Å²) in [5.41, 5.74) is 0.522. The number of ether oxygens (including phenoxy) is 1. The van der Waals surface area contributed by atoms with Gasteiger partial charge in [-0.05, 0) is 56.3 Å². The van der Waals surface area contributed by atoms with Crippen LogP contribution in [0.25, 0.3) is 0 Å². The van der Waals surface area contributed by atoms with E-state index >= 15 is 0 Å². The Balaban J connectivity index is 1.72. The Morgan fingerprint density at radius 1 is 1.26 bits per heavy atom. The first-order valence-corrected chi connectivity index (χ1v) is 14.0. The van der Waals surface area contributed by atoms with Crippen molar-refractivity contribution in [1.29, 1.82) is 0 Å². The number of aliphatic hydroxyl groups is 1. The van der Waals surface area contributed by atoms with Crippen molar-refractivity contribution < 1.29 is 23.1 Å². The molecule has 34 heavy (non-hydrogen) atoms. The van der Waals surface area contributed by atoms with Crippen molar-refractivity contribution in [2.24, 2.45) is 11.8 Å². The SMILES string of the molecule is C[C@H](CO)N1C[C@H](C)[C@@H](CN(C)CC2CC2)Oc2c(NS(=O)(=O)c3cccs3)cccc2C1=O. The molecule has 0 saturated heterocycles. The first kappa shape index (κ1) is 25.0. The van der Waals surface area contributed by atoms with E-state index < -0.39 is 10.0 Å². The van der Waals surface area contributed by atoms with Crippen LogP contribution < -0.4 is 9.46 Å². The van der Waals surface area contributed by atoms with Crippen molar-refractivity contribution in [3.8, 4) is 5.75 Å². The van der Waals surface area contributed by atoms with Crippen LogP contribution in [0.5, 0.6) is 5.75 Å². The van der Waals surface area contributed by atoms with Gasteiger partial charge in [-0.2, -0.15) is 0 Å². The summed E-state index contributed by atoms with van der Waals surface area (Å²) in [6.45, 7) is 5.76. The Morgan fingerprint density at radius 2 is 2.03 bits per heavy atom. The molecule has 186 valence electrons. The van der Waals surface area contributed by atoms with Crippen LogP contribution in [-0.2, 0) is 10.0 Å². The molecule has 1 fully saturated rings. The number of carbonyl (C=O) groups excluding carboxylic acids is 1. The summed E-state index contributed by atoms with van der Waals surface area (Å²) < 4.78 is 35.2. The summed E-state index contributed by atoms with van der Waals surface area (Å²) >= 11 is 1.12. The minimum atomic E-state index is -3.82. The van der Waals surface area contributed by atoms with E-state index in [-0.39, 0.29) is 51.8 Å². The predicted octanol–water partition coefficient (Wildman–Crippen LogP) is 3.11. The molecule has 1 saturated carbocycles. The van der Waals surface area contributed by atoms with Gasteiger partial charge >= 0.3 is 0 Å². The van der Waals surface area contributed by atoms with Gasteiger partial charge in [0.25, 0.3) is 15.9 Å². The van der Waals surface area contributed by atoms with Gasteiger partial charge < -0.3 is 19.6 Å². The molecule has 2 heterocycles. The van der Waals surface area contributed by atoms with Crippen molar-refractivity contribution in [2.75, 3.05) is 38.0 Å². The lowest BCUT2D eigenvalue weighted by Gasteiger charge is -2.38. The van der Waals surface area contributed by atoms with Gasteiger partial charge in [-0.3, -0.25) is 9.52 Å². The Hall–Kier alpha value is -2.14. The molecule has 0 bridgehead atoms. The lowest BCUT2D eigenvalue weighted by Crippen LogP contribution is -2.50. The molecule has 3 atom stereocenters. The fraction of sp³-hybridized carbons (Fsp3) is 0.542. The van der Waals surface area contributed by atoms with Gasteiger partial charge in [0.2, 0.25) is 0 Å². The topological polar surface area (TPSA) is 99.2 Å². The van der Waals surface area contributed by atoms with E-state index in [0.29, 0.717) is 13.1 Å². The van der Waals surface area contributed by atoms with Crippen molar-refractivity contribution in [3.63, 3.8) is 0 Å². The Kier molecular flexibility index (Phi) is 7.51. The zero-order chi connectivity index (χ0) is 24.5. The third kappa shape index (κ3) is 5.56. The zero-order valence-corrected chi connectivity index (χ0v) is 21.4. The molecule has 8 nitrogen and oxygen atoms in total. The number of likely N-dealkylation sites (N-methyl/N-ethyl adjacent to an activating group) is 1. The number of benzene rings is 1. The van der Waals surface area contributed by atoms with Crippen molar-refractivity contribution in [2.45, 2.75) is 43.0 Å². The van der Waals surface area contributed by atoms with Gasteiger partial charge in [0.05, 0.1) is 23.9 Å². The van der Waals surface area contributed by atoms with E-state index in [9.17, 15) is 18.3 Å². The number of fused-ring (bicyclic) bond motifs is 1. The molecular formula is C24H33N3O5S2. The molecule has 2 N–H and O–H groups in total. The van der Waals surface area contributed by atoms with E-state index in [1.54, 1.807) is 34.5 Å². The first-order chi connectivity index (χ1) is 16.2. The van der Waals surface area contributed by atoms with Gasteiger partial charge in [0.15, 0.2) is 5.75 Å². The molecule has 0 unspecified atom stereocenters. The number of hydrogen-bond donors (Lipinski definition) is 2. The molecule has 2 aliphatic rings. The van der Waals surface area contributed by atoms with Crippen molar-refractivity contribution >= 4 is 33.0 Å². The number of thiophene rings is 1. The highest BCUT2D eigenvalue weighted by Gasteiger charge is 2.35. The van der Waals surface area contributed by atoms with Crippen LogP contribution in [0.1, 0.15) is 37.0 Å². The van der Waals surface area contributed by atoms with E-state index in [4.69, 9.17) is 4.74 Å². The predicted molar refractivity (Wildman–Crippen MR) is 133 cm³/mol. The second-order valence-corrected chi connectivity index (χ2v) is 12.4. The van der Waals surface area contributed by atoms with Crippen LogP contribution in [-0.4, -0.2) is 74.7 Å². The third-order valence-electron chi connectivity index (χ3n) is 6.45. The standard InChI is InChI=1S/C24H33N3O5S2/c1-16-12-27(17(2)15-28)24(29)19-6-4-7-20(25-34(30,31)22-8-5-11-33-22)23(19)32-21(16)14-26(3)13-18-9-10-18/h4-8,11,16-18,21,25,28H,9-10,12-15H2,1-3H3/t16-,17+,21+/m0/s1. The van der Waals surface area contributed by atoms with E-state index in [1.165, 1.54) is 18.9 Å². The van der Waals surface area contributed by atoms with Gasteiger partial charge in [-0.15, -0.1) is 11.3 Å². The lowest BCUT2D eigenvalue weighted by atomic mass is 9.99. The molecular weight excluding hydrogens is 474 g/mol. The number of rotatable bonds is 9. The molecule has 0 radical (unpaired) electrons. The van der Waals surface area contributed by atoms with Gasteiger partial charge in [0, 0.05) is 25.6 Å². The number of anilines is 1. The van der Waals surface area contributed by atoms with Gasteiger partial charge in [0.1, 0.15) is 10.3 Å². The van der Waals surface area contributed by atoms with Gasteiger partial charge in [-0.25, -0.2) is 8.42 Å². The maximum Gasteiger partial charge on any atom is 0.271 e. The smallest absolute Gasteiger partial charge is 0.271 e. The maximum absolute atomic E-state index is 13.5. The molecule has 10 heteroatoms. The quantitative estimate of drug-likeness (QED) is 0.541. The summed E-state index contributed by atoms with van der Waals surface area (Å²) in [6.07, 6.45) is 2.23. The Labute approximate surface area is 205 Å². The van der Waals surface area contributed by atoms with Crippen LogP contribution in [0.15, 0.2) is 39.9 Å². The van der Waals surface area contributed by atoms with E-state index in [1.807, 2.05) is 13.8 Å². The molecule has 1 aliphatic heterocycles.